The van der Waals surface area contributed by atoms with Crippen molar-refractivity contribution >= 4 is 17.9 Å². The molecule has 0 bridgehead atoms. The molecular weight excluding hydrogens is 817 g/mol. The molecule has 392 valence electrons. The van der Waals surface area contributed by atoms with Gasteiger partial charge in [-0.1, -0.05) is 304 Å². The van der Waals surface area contributed by atoms with Gasteiger partial charge in [-0.3, -0.25) is 14.4 Å². The van der Waals surface area contributed by atoms with E-state index >= 15 is 0 Å². The van der Waals surface area contributed by atoms with E-state index in [9.17, 15) is 14.4 Å². The van der Waals surface area contributed by atoms with Crippen LogP contribution in [-0.4, -0.2) is 37.2 Å². The Morgan fingerprint density at radius 2 is 0.500 bits per heavy atom. The van der Waals surface area contributed by atoms with Crippen molar-refractivity contribution in [2.24, 2.45) is 5.92 Å². The second-order valence-electron chi connectivity index (χ2n) is 21.1. The second kappa shape index (κ2) is 54.4. The minimum atomic E-state index is -0.762. The summed E-state index contributed by atoms with van der Waals surface area (Å²) in [6, 6.07) is 0. The Labute approximate surface area is 412 Å². The van der Waals surface area contributed by atoms with Crippen LogP contribution in [-0.2, 0) is 28.6 Å². The van der Waals surface area contributed by atoms with E-state index in [1.165, 1.54) is 238 Å². The quantitative estimate of drug-likeness (QED) is 0.0343. The number of unbranched alkanes of at least 4 members (excludes halogenated alkanes) is 42. The summed E-state index contributed by atoms with van der Waals surface area (Å²) in [5, 5.41) is 0. The van der Waals surface area contributed by atoms with Gasteiger partial charge in [0.05, 0.1) is 0 Å². The Balaban J connectivity index is 4.29. The van der Waals surface area contributed by atoms with Crippen molar-refractivity contribution < 1.29 is 28.6 Å². The van der Waals surface area contributed by atoms with Gasteiger partial charge in [0, 0.05) is 19.3 Å². The van der Waals surface area contributed by atoms with Crippen LogP contribution in [0.1, 0.15) is 342 Å². The molecule has 0 aromatic carbocycles. The lowest BCUT2D eigenvalue weighted by Gasteiger charge is -2.18. The van der Waals surface area contributed by atoms with Crippen LogP contribution in [0.3, 0.4) is 0 Å². The first-order valence-electron chi connectivity index (χ1n) is 29.9. The minimum Gasteiger partial charge on any atom is -0.462 e. The van der Waals surface area contributed by atoms with E-state index in [-0.39, 0.29) is 31.1 Å². The molecule has 0 unspecified atom stereocenters. The number of esters is 3. The maximum Gasteiger partial charge on any atom is 0.306 e. The molecule has 0 N–H and O–H groups in total. The lowest BCUT2D eigenvalue weighted by Crippen LogP contribution is -2.30. The van der Waals surface area contributed by atoms with Crippen LogP contribution in [0.5, 0.6) is 0 Å². The van der Waals surface area contributed by atoms with Crippen LogP contribution >= 0.6 is 0 Å². The number of rotatable bonds is 55. The van der Waals surface area contributed by atoms with E-state index in [1.54, 1.807) is 0 Å². The Hall–Kier alpha value is -1.59. The predicted molar refractivity (Wildman–Crippen MR) is 284 cm³/mol. The molecule has 6 nitrogen and oxygen atoms in total. The van der Waals surface area contributed by atoms with Crippen LogP contribution < -0.4 is 0 Å². The fourth-order valence-corrected chi connectivity index (χ4v) is 9.28. The molecule has 0 saturated carbocycles. The minimum absolute atomic E-state index is 0.0615. The summed E-state index contributed by atoms with van der Waals surface area (Å²) in [5.41, 5.74) is 0. The fourth-order valence-electron chi connectivity index (χ4n) is 9.28. The van der Waals surface area contributed by atoms with Gasteiger partial charge in [-0.05, 0) is 25.2 Å². The zero-order chi connectivity index (χ0) is 48.1. The summed E-state index contributed by atoms with van der Waals surface area (Å²) < 4.78 is 16.9. The van der Waals surface area contributed by atoms with Gasteiger partial charge in [0.25, 0.3) is 0 Å². The van der Waals surface area contributed by atoms with Gasteiger partial charge in [-0.2, -0.15) is 0 Å². The molecule has 0 aromatic rings. The molecule has 6 heteroatoms. The van der Waals surface area contributed by atoms with Crippen molar-refractivity contribution in [2.75, 3.05) is 13.2 Å². The topological polar surface area (TPSA) is 78.9 Å². The first kappa shape index (κ1) is 64.4. The number of hydrogen-bond donors (Lipinski definition) is 0. The van der Waals surface area contributed by atoms with Gasteiger partial charge in [-0.25, -0.2) is 0 Å². The SMILES string of the molecule is CCCCCCCCCCCCCCCCCCC(=O)O[C@H](COC(=O)CCCCCCCCCCCCCCCCC)COC(=O)CCCCCCCCCCCCCCCCC(C)C. The standard InChI is InChI=1S/C60H116O6/c1-5-7-9-11-13-15-17-19-21-23-29-33-37-41-45-49-53-60(63)66-57(54-64-58(61)51-47-43-39-35-31-27-22-20-18-16-14-12-10-8-6-2)55-65-59(62)52-48-44-40-36-32-28-25-24-26-30-34-38-42-46-50-56(3)4/h56-57H,5-55H2,1-4H3/t57-/m1/s1. The molecule has 0 aliphatic heterocycles. The molecule has 0 spiro atoms. The highest BCUT2D eigenvalue weighted by molar-refractivity contribution is 5.71. The van der Waals surface area contributed by atoms with Crippen molar-refractivity contribution in [3.05, 3.63) is 0 Å². The maximum atomic E-state index is 12.9. The summed E-state index contributed by atoms with van der Waals surface area (Å²) in [5.74, 6) is 0.0129. The van der Waals surface area contributed by atoms with Gasteiger partial charge in [0.2, 0.25) is 0 Å². The fraction of sp³-hybridized carbons (Fsp3) is 0.950. The Morgan fingerprint density at radius 1 is 0.288 bits per heavy atom. The summed E-state index contributed by atoms with van der Waals surface area (Å²) >= 11 is 0. The average molecular weight is 934 g/mol. The molecule has 0 amide bonds. The third kappa shape index (κ3) is 53.4. The molecule has 0 radical (unpaired) electrons. The van der Waals surface area contributed by atoms with Gasteiger partial charge < -0.3 is 14.2 Å². The largest absolute Gasteiger partial charge is 0.462 e. The van der Waals surface area contributed by atoms with Crippen LogP contribution in [0.2, 0.25) is 0 Å². The van der Waals surface area contributed by atoms with E-state index in [0.29, 0.717) is 19.3 Å². The van der Waals surface area contributed by atoms with Gasteiger partial charge in [-0.15, -0.1) is 0 Å². The van der Waals surface area contributed by atoms with Crippen molar-refractivity contribution in [2.45, 2.75) is 348 Å². The molecule has 0 aromatic heterocycles. The van der Waals surface area contributed by atoms with Crippen LogP contribution in [0, 0.1) is 5.92 Å². The number of ether oxygens (including phenoxy) is 3. The highest BCUT2D eigenvalue weighted by atomic mass is 16.6. The number of carbonyl (C=O) groups excluding carboxylic acids is 3. The van der Waals surface area contributed by atoms with E-state index in [2.05, 4.69) is 27.7 Å². The molecule has 0 aliphatic rings. The van der Waals surface area contributed by atoms with Crippen molar-refractivity contribution in [3.8, 4) is 0 Å². The highest BCUT2D eigenvalue weighted by Crippen LogP contribution is 2.18. The lowest BCUT2D eigenvalue weighted by molar-refractivity contribution is -0.167. The molecule has 0 heterocycles. The molecule has 1 atom stereocenters. The van der Waals surface area contributed by atoms with E-state index in [4.69, 9.17) is 14.2 Å². The molecule has 0 rings (SSSR count). The summed E-state index contributed by atoms with van der Waals surface area (Å²) in [4.78, 5) is 38.2. The Morgan fingerprint density at radius 3 is 0.742 bits per heavy atom. The third-order valence-electron chi connectivity index (χ3n) is 13.8. The van der Waals surface area contributed by atoms with Crippen LogP contribution in [0.25, 0.3) is 0 Å². The molecule has 66 heavy (non-hydrogen) atoms. The molecular formula is C60H116O6. The molecule has 0 fully saturated rings. The first-order chi connectivity index (χ1) is 32.4. The molecule has 0 aliphatic carbocycles. The van der Waals surface area contributed by atoms with Gasteiger partial charge in [0.15, 0.2) is 6.10 Å². The summed E-state index contributed by atoms with van der Waals surface area (Å²) in [6.07, 6.45) is 59.5. The van der Waals surface area contributed by atoms with E-state index in [0.717, 1.165) is 63.7 Å². The summed E-state index contributed by atoms with van der Waals surface area (Å²) in [7, 11) is 0. The van der Waals surface area contributed by atoms with E-state index in [1.807, 2.05) is 0 Å². The molecule has 0 saturated heterocycles. The smallest absolute Gasteiger partial charge is 0.306 e. The van der Waals surface area contributed by atoms with Crippen LogP contribution in [0.4, 0.5) is 0 Å². The first-order valence-corrected chi connectivity index (χ1v) is 29.9. The van der Waals surface area contributed by atoms with Gasteiger partial charge >= 0.3 is 17.9 Å². The Kier molecular flexibility index (Phi) is 53.0. The van der Waals surface area contributed by atoms with Gasteiger partial charge in [0.1, 0.15) is 13.2 Å². The number of carbonyl (C=O) groups is 3. The highest BCUT2D eigenvalue weighted by Gasteiger charge is 2.19. The monoisotopic (exact) mass is 933 g/mol. The third-order valence-corrected chi connectivity index (χ3v) is 13.8. The zero-order valence-electron chi connectivity index (χ0n) is 45.2. The van der Waals surface area contributed by atoms with Crippen molar-refractivity contribution in [1.82, 2.24) is 0 Å². The normalized spacial score (nSPS) is 12.0. The lowest BCUT2D eigenvalue weighted by atomic mass is 10.0. The summed E-state index contributed by atoms with van der Waals surface area (Å²) in [6.45, 7) is 9.08. The predicted octanol–water partition coefficient (Wildman–Crippen LogP) is 19.8. The Bertz CT molecular complexity index is 996. The van der Waals surface area contributed by atoms with Crippen LogP contribution in [0.15, 0.2) is 0 Å². The van der Waals surface area contributed by atoms with Crippen molar-refractivity contribution in [3.63, 3.8) is 0 Å². The van der Waals surface area contributed by atoms with Crippen molar-refractivity contribution in [1.29, 1.82) is 0 Å². The second-order valence-corrected chi connectivity index (χ2v) is 21.1. The zero-order valence-corrected chi connectivity index (χ0v) is 45.2. The van der Waals surface area contributed by atoms with E-state index < -0.39 is 6.10 Å². The number of hydrogen-bond acceptors (Lipinski definition) is 6. The average Bonchev–Trinajstić information content (AvgIpc) is 3.30. The maximum absolute atomic E-state index is 12.9.